The van der Waals surface area contributed by atoms with Crippen LogP contribution in [-0.2, 0) is 5.75 Å². The van der Waals surface area contributed by atoms with Gasteiger partial charge in [-0.2, -0.15) is 11.8 Å². The lowest BCUT2D eigenvalue weighted by atomic mass is 10.2. The highest BCUT2D eigenvalue weighted by atomic mass is 35.5. The number of thioether (sulfide) groups is 1. The van der Waals surface area contributed by atoms with E-state index in [0.717, 1.165) is 17.1 Å². The predicted molar refractivity (Wildman–Crippen MR) is 101 cm³/mol. The van der Waals surface area contributed by atoms with E-state index < -0.39 is 0 Å². The molecule has 0 aliphatic carbocycles. The van der Waals surface area contributed by atoms with Crippen LogP contribution in [0.5, 0.6) is 0 Å². The standard InChI is InChI=1S/C16H15Cl3N2OS/c17-12-2-4-13(5-3-12)21-16(22)20-7-8-23-10-11-1-6-14(18)15(19)9-11/h1-6,9H,7-8,10H2,(H2,20,21,22). The van der Waals surface area contributed by atoms with E-state index in [0.29, 0.717) is 27.3 Å². The zero-order valence-electron chi connectivity index (χ0n) is 12.1. The molecular weight excluding hydrogens is 375 g/mol. The molecule has 0 saturated carbocycles. The molecule has 0 unspecified atom stereocenters. The normalized spacial score (nSPS) is 10.4. The monoisotopic (exact) mass is 388 g/mol. The van der Waals surface area contributed by atoms with Crippen LogP contribution >= 0.6 is 46.6 Å². The third kappa shape index (κ3) is 6.51. The molecule has 0 spiro atoms. The average Bonchev–Trinajstić information content (AvgIpc) is 2.53. The number of nitrogens with one attached hydrogen (secondary N) is 2. The molecule has 0 aliphatic heterocycles. The summed E-state index contributed by atoms with van der Waals surface area (Å²) in [6.45, 7) is 0.575. The second-order valence-corrected chi connectivity index (χ2v) is 7.04. The first-order chi connectivity index (χ1) is 11.0. The molecule has 0 radical (unpaired) electrons. The van der Waals surface area contributed by atoms with Crippen LogP contribution in [0.2, 0.25) is 15.1 Å². The van der Waals surface area contributed by atoms with Crippen LogP contribution in [-0.4, -0.2) is 18.3 Å². The Kier molecular flexibility index (Phi) is 7.37. The molecule has 0 heterocycles. The number of halogens is 3. The Morgan fingerprint density at radius 2 is 1.74 bits per heavy atom. The van der Waals surface area contributed by atoms with Gasteiger partial charge in [0.2, 0.25) is 0 Å². The van der Waals surface area contributed by atoms with Crippen molar-refractivity contribution in [3.05, 3.63) is 63.1 Å². The van der Waals surface area contributed by atoms with Crippen molar-refractivity contribution in [2.45, 2.75) is 5.75 Å². The Hall–Kier alpha value is -1.07. The lowest BCUT2D eigenvalue weighted by Crippen LogP contribution is -2.30. The van der Waals surface area contributed by atoms with Crippen molar-refractivity contribution < 1.29 is 4.79 Å². The number of hydrogen-bond donors (Lipinski definition) is 2. The Bertz CT molecular complexity index is 665. The number of rotatable bonds is 6. The van der Waals surface area contributed by atoms with Crippen LogP contribution in [0, 0.1) is 0 Å². The maximum Gasteiger partial charge on any atom is 0.319 e. The quantitative estimate of drug-likeness (QED) is 0.622. The van der Waals surface area contributed by atoms with Crippen molar-refractivity contribution in [3.63, 3.8) is 0 Å². The minimum absolute atomic E-state index is 0.234. The van der Waals surface area contributed by atoms with Crippen molar-refractivity contribution in [1.29, 1.82) is 0 Å². The molecule has 3 nitrogen and oxygen atoms in total. The van der Waals surface area contributed by atoms with Gasteiger partial charge < -0.3 is 10.6 Å². The fourth-order valence-corrected chi connectivity index (χ4v) is 3.02. The molecule has 0 fully saturated rings. The number of anilines is 1. The highest BCUT2D eigenvalue weighted by molar-refractivity contribution is 7.98. The molecule has 2 amide bonds. The Balaban J connectivity index is 1.64. The maximum absolute atomic E-state index is 11.7. The minimum Gasteiger partial charge on any atom is -0.337 e. The van der Waals surface area contributed by atoms with E-state index in [1.54, 1.807) is 42.1 Å². The summed E-state index contributed by atoms with van der Waals surface area (Å²) in [5.41, 5.74) is 1.81. The van der Waals surface area contributed by atoms with Gasteiger partial charge in [0.15, 0.2) is 0 Å². The van der Waals surface area contributed by atoms with Gasteiger partial charge in [0.05, 0.1) is 10.0 Å². The fraction of sp³-hybridized carbons (Fsp3) is 0.188. The molecule has 0 bridgehead atoms. The molecule has 2 N–H and O–H groups in total. The lowest BCUT2D eigenvalue weighted by Gasteiger charge is -2.08. The number of hydrogen-bond acceptors (Lipinski definition) is 2. The third-order valence-electron chi connectivity index (χ3n) is 2.89. The maximum atomic E-state index is 11.7. The summed E-state index contributed by atoms with van der Waals surface area (Å²) in [7, 11) is 0. The van der Waals surface area contributed by atoms with E-state index in [1.165, 1.54) is 0 Å². The van der Waals surface area contributed by atoms with Crippen molar-refractivity contribution in [2.75, 3.05) is 17.6 Å². The summed E-state index contributed by atoms with van der Waals surface area (Å²) in [5.74, 6) is 1.62. The molecular formula is C16H15Cl3N2OS. The summed E-state index contributed by atoms with van der Waals surface area (Å²) in [5, 5.41) is 7.29. The number of amides is 2. The molecule has 0 atom stereocenters. The third-order valence-corrected chi connectivity index (χ3v) is 4.91. The Morgan fingerprint density at radius 3 is 2.43 bits per heavy atom. The van der Waals surface area contributed by atoms with Gasteiger partial charge in [-0.05, 0) is 42.0 Å². The number of urea groups is 1. The average molecular weight is 390 g/mol. The molecule has 122 valence electrons. The topological polar surface area (TPSA) is 41.1 Å². The zero-order valence-corrected chi connectivity index (χ0v) is 15.2. The van der Waals surface area contributed by atoms with Gasteiger partial charge in [-0.1, -0.05) is 40.9 Å². The van der Waals surface area contributed by atoms with E-state index in [4.69, 9.17) is 34.8 Å². The number of benzene rings is 2. The largest absolute Gasteiger partial charge is 0.337 e. The smallest absolute Gasteiger partial charge is 0.319 e. The molecule has 23 heavy (non-hydrogen) atoms. The highest BCUT2D eigenvalue weighted by Crippen LogP contribution is 2.24. The number of carbonyl (C=O) groups excluding carboxylic acids is 1. The summed E-state index contributed by atoms with van der Waals surface area (Å²) in [6, 6.07) is 12.3. The van der Waals surface area contributed by atoms with E-state index in [1.807, 2.05) is 12.1 Å². The van der Waals surface area contributed by atoms with Crippen LogP contribution < -0.4 is 10.6 Å². The molecule has 0 saturated heterocycles. The van der Waals surface area contributed by atoms with Gasteiger partial charge in [-0.25, -0.2) is 4.79 Å². The van der Waals surface area contributed by atoms with Crippen LogP contribution in [0.1, 0.15) is 5.56 Å². The highest BCUT2D eigenvalue weighted by Gasteiger charge is 2.02. The van der Waals surface area contributed by atoms with Gasteiger partial charge >= 0.3 is 6.03 Å². The summed E-state index contributed by atoms with van der Waals surface area (Å²) in [6.07, 6.45) is 0. The van der Waals surface area contributed by atoms with E-state index in [-0.39, 0.29) is 6.03 Å². The molecule has 2 aromatic rings. The van der Waals surface area contributed by atoms with Gasteiger partial charge in [-0.15, -0.1) is 0 Å². The molecule has 2 rings (SSSR count). The van der Waals surface area contributed by atoms with E-state index >= 15 is 0 Å². The summed E-state index contributed by atoms with van der Waals surface area (Å²) in [4.78, 5) is 11.7. The van der Waals surface area contributed by atoms with Crippen LogP contribution in [0.25, 0.3) is 0 Å². The van der Waals surface area contributed by atoms with Crippen molar-refractivity contribution in [3.8, 4) is 0 Å². The lowest BCUT2D eigenvalue weighted by molar-refractivity contribution is 0.252. The molecule has 2 aromatic carbocycles. The first kappa shape index (κ1) is 18.3. The van der Waals surface area contributed by atoms with E-state index in [2.05, 4.69) is 10.6 Å². The first-order valence-corrected chi connectivity index (χ1v) is 9.15. The van der Waals surface area contributed by atoms with Gasteiger partial charge in [0.25, 0.3) is 0 Å². The van der Waals surface area contributed by atoms with Crippen molar-refractivity contribution in [1.82, 2.24) is 5.32 Å². The van der Waals surface area contributed by atoms with Gasteiger partial charge in [-0.3, -0.25) is 0 Å². The SMILES string of the molecule is O=C(NCCSCc1ccc(Cl)c(Cl)c1)Nc1ccc(Cl)cc1. The molecule has 7 heteroatoms. The van der Waals surface area contributed by atoms with Gasteiger partial charge in [0.1, 0.15) is 0 Å². The second-order valence-electron chi connectivity index (χ2n) is 4.69. The van der Waals surface area contributed by atoms with Crippen LogP contribution in [0.3, 0.4) is 0 Å². The Labute approximate surface area is 154 Å². The van der Waals surface area contributed by atoms with Crippen molar-refractivity contribution in [2.24, 2.45) is 0 Å². The Morgan fingerprint density at radius 1 is 1.00 bits per heavy atom. The van der Waals surface area contributed by atoms with Crippen LogP contribution in [0.4, 0.5) is 10.5 Å². The summed E-state index contributed by atoms with van der Waals surface area (Å²) < 4.78 is 0. The fourth-order valence-electron chi connectivity index (χ4n) is 1.76. The first-order valence-electron chi connectivity index (χ1n) is 6.86. The van der Waals surface area contributed by atoms with E-state index in [9.17, 15) is 4.79 Å². The second kappa shape index (κ2) is 9.28. The number of carbonyl (C=O) groups is 1. The molecule has 0 aliphatic rings. The zero-order chi connectivity index (χ0) is 16.7. The van der Waals surface area contributed by atoms with Crippen LogP contribution in [0.15, 0.2) is 42.5 Å². The minimum atomic E-state index is -0.234. The molecule has 0 aromatic heterocycles. The van der Waals surface area contributed by atoms with Crippen molar-refractivity contribution >= 4 is 58.3 Å². The van der Waals surface area contributed by atoms with Gasteiger partial charge in [0, 0.05) is 28.8 Å². The summed E-state index contributed by atoms with van der Waals surface area (Å²) >= 11 is 19.3. The predicted octanol–water partition coefficient (Wildman–Crippen LogP) is 5.70.